The van der Waals surface area contributed by atoms with Gasteiger partial charge < -0.3 is 10.4 Å². The van der Waals surface area contributed by atoms with Gasteiger partial charge in [-0.1, -0.05) is 18.6 Å². The molecule has 3 nitrogen and oxygen atoms in total. The molecule has 1 aliphatic rings. The minimum Gasteiger partial charge on any atom is -0.393 e. The number of amides is 1. The Morgan fingerprint density at radius 1 is 1.32 bits per heavy atom. The van der Waals surface area contributed by atoms with E-state index in [9.17, 15) is 14.3 Å². The molecule has 1 fully saturated rings. The minimum atomic E-state index is -0.309. The number of carbonyl (C=O) groups is 1. The summed E-state index contributed by atoms with van der Waals surface area (Å²) in [6, 6.07) is 6.57. The third-order valence-electron chi connectivity index (χ3n) is 3.96. The zero-order chi connectivity index (χ0) is 15.8. The van der Waals surface area contributed by atoms with Crippen LogP contribution in [0.4, 0.5) is 4.39 Å². The van der Waals surface area contributed by atoms with E-state index in [1.54, 1.807) is 23.9 Å². The summed E-state index contributed by atoms with van der Waals surface area (Å²) in [5.74, 6) is 1.69. The molecule has 1 aliphatic carbocycles. The van der Waals surface area contributed by atoms with Crippen LogP contribution in [0, 0.1) is 11.7 Å². The number of hydrogen-bond acceptors (Lipinski definition) is 3. The number of carbonyl (C=O) groups excluding carboxylic acids is 1. The number of aliphatic hydroxyl groups excluding tert-OH is 1. The van der Waals surface area contributed by atoms with Crippen LogP contribution in [0.1, 0.15) is 37.7 Å². The maximum Gasteiger partial charge on any atom is 0.223 e. The summed E-state index contributed by atoms with van der Waals surface area (Å²) in [5, 5.41) is 12.6. The Morgan fingerprint density at radius 2 is 2.09 bits per heavy atom. The van der Waals surface area contributed by atoms with Gasteiger partial charge in [-0.15, -0.1) is 0 Å². The van der Waals surface area contributed by atoms with E-state index in [-0.39, 0.29) is 23.7 Å². The van der Waals surface area contributed by atoms with Crippen molar-refractivity contribution in [3.8, 4) is 0 Å². The Balaban J connectivity index is 1.53. The van der Waals surface area contributed by atoms with Gasteiger partial charge in [0.2, 0.25) is 5.91 Å². The van der Waals surface area contributed by atoms with Crippen molar-refractivity contribution in [1.29, 1.82) is 0 Å². The first-order valence-electron chi connectivity index (χ1n) is 7.93. The highest BCUT2D eigenvalue weighted by Crippen LogP contribution is 2.24. The van der Waals surface area contributed by atoms with Gasteiger partial charge in [0, 0.05) is 18.2 Å². The van der Waals surface area contributed by atoms with E-state index >= 15 is 0 Å². The molecule has 0 aromatic heterocycles. The van der Waals surface area contributed by atoms with E-state index in [0.717, 1.165) is 42.8 Å². The Bertz CT molecular complexity index is 466. The van der Waals surface area contributed by atoms with Crippen molar-refractivity contribution >= 4 is 17.7 Å². The van der Waals surface area contributed by atoms with Crippen molar-refractivity contribution in [3.05, 3.63) is 35.6 Å². The lowest BCUT2D eigenvalue weighted by Gasteiger charge is -2.24. The Kier molecular flexibility index (Phi) is 7.19. The van der Waals surface area contributed by atoms with Gasteiger partial charge >= 0.3 is 0 Å². The number of benzene rings is 1. The summed E-state index contributed by atoms with van der Waals surface area (Å²) in [6.45, 7) is 0.682. The SMILES string of the molecule is O=C(NCCCSCc1ccc(F)cc1)[C@H]1CCC[C@H](O)C1. The van der Waals surface area contributed by atoms with Gasteiger partial charge in [-0.2, -0.15) is 11.8 Å². The third kappa shape index (κ3) is 5.97. The highest BCUT2D eigenvalue weighted by Gasteiger charge is 2.25. The van der Waals surface area contributed by atoms with Crippen LogP contribution in [-0.4, -0.2) is 29.4 Å². The summed E-state index contributed by atoms with van der Waals surface area (Å²) in [5.41, 5.74) is 1.12. The Labute approximate surface area is 135 Å². The first kappa shape index (κ1) is 17.3. The summed E-state index contributed by atoms with van der Waals surface area (Å²) >= 11 is 1.79. The van der Waals surface area contributed by atoms with Crippen molar-refractivity contribution in [3.63, 3.8) is 0 Å². The zero-order valence-electron chi connectivity index (χ0n) is 12.8. The molecule has 2 atom stereocenters. The molecule has 1 saturated carbocycles. The second kappa shape index (κ2) is 9.16. The van der Waals surface area contributed by atoms with E-state index in [1.165, 1.54) is 12.1 Å². The molecule has 0 radical (unpaired) electrons. The zero-order valence-corrected chi connectivity index (χ0v) is 13.6. The summed E-state index contributed by atoms with van der Waals surface area (Å²) in [6.07, 6.45) is 3.87. The van der Waals surface area contributed by atoms with Crippen molar-refractivity contribution in [2.24, 2.45) is 5.92 Å². The fourth-order valence-corrected chi connectivity index (χ4v) is 3.62. The number of thioether (sulfide) groups is 1. The summed E-state index contributed by atoms with van der Waals surface area (Å²) in [4.78, 5) is 12.0. The van der Waals surface area contributed by atoms with Crippen LogP contribution in [0.15, 0.2) is 24.3 Å². The molecule has 2 N–H and O–H groups in total. The normalized spacial score (nSPS) is 21.5. The molecule has 122 valence electrons. The molecular weight excluding hydrogens is 301 g/mol. The van der Waals surface area contributed by atoms with E-state index in [0.29, 0.717) is 13.0 Å². The first-order valence-corrected chi connectivity index (χ1v) is 9.08. The van der Waals surface area contributed by atoms with Crippen LogP contribution in [0.25, 0.3) is 0 Å². The standard InChI is InChI=1S/C17H24FNO2S/c18-15-7-5-13(6-8-15)12-22-10-2-9-19-17(21)14-3-1-4-16(20)11-14/h5-8,14,16,20H,1-4,9-12H2,(H,19,21)/t14-,16-/m0/s1. The molecule has 5 heteroatoms. The van der Waals surface area contributed by atoms with Crippen molar-refractivity contribution in [1.82, 2.24) is 5.32 Å². The lowest BCUT2D eigenvalue weighted by atomic mass is 9.87. The highest BCUT2D eigenvalue weighted by molar-refractivity contribution is 7.98. The second-order valence-electron chi connectivity index (χ2n) is 5.84. The molecule has 0 heterocycles. The molecule has 1 aromatic rings. The Morgan fingerprint density at radius 3 is 2.82 bits per heavy atom. The molecule has 0 saturated heterocycles. The number of rotatable bonds is 7. The number of nitrogens with one attached hydrogen (secondary N) is 1. The molecule has 0 unspecified atom stereocenters. The van der Waals surface area contributed by atoms with Crippen LogP contribution in [-0.2, 0) is 10.5 Å². The van der Waals surface area contributed by atoms with Crippen LogP contribution in [0.5, 0.6) is 0 Å². The lowest BCUT2D eigenvalue weighted by Crippen LogP contribution is -2.35. The van der Waals surface area contributed by atoms with E-state index in [1.807, 2.05) is 0 Å². The average Bonchev–Trinajstić information content (AvgIpc) is 2.52. The summed E-state index contributed by atoms with van der Waals surface area (Å²) < 4.78 is 12.8. The van der Waals surface area contributed by atoms with Crippen molar-refractivity contribution < 1.29 is 14.3 Å². The fraction of sp³-hybridized carbons (Fsp3) is 0.588. The first-order chi connectivity index (χ1) is 10.6. The van der Waals surface area contributed by atoms with Gasteiger partial charge in [0.05, 0.1) is 6.10 Å². The Hall–Kier alpha value is -1.07. The van der Waals surface area contributed by atoms with Gasteiger partial charge in [-0.25, -0.2) is 4.39 Å². The number of hydrogen-bond donors (Lipinski definition) is 2. The van der Waals surface area contributed by atoms with E-state index in [2.05, 4.69) is 5.32 Å². The third-order valence-corrected chi connectivity index (χ3v) is 5.08. The average molecular weight is 325 g/mol. The topological polar surface area (TPSA) is 49.3 Å². The number of aliphatic hydroxyl groups is 1. The highest BCUT2D eigenvalue weighted by atomic mass is 32.2. The van der Waals surface area contributed by atoms with Crippen LogP contribution >= 0.6 is 11.8 Å². The van der Waals surface area contributed by atoms with E-state index in [4.69, 9.17) is 0 Å². The van der Waals surface area contributed by atoms with Gasteiger partial charge in [-0.05, 0) is 49.1 Å². The van der Waals surface area contributed by atoms with Gasteiger partial charge in [0.15, 0.2) is 0 Å². The maximum atomic E-state index is 12.8. The lowest BCUT2D eigenvalue weighted by molar-refractivity contribution is -0.127. The van der Waals surface area contributed by atoms with Crippen molar-refractivity contribution in [2.45, 2.75) is 44.0 Å². The maximum absolute atomic E-state index is 12.8. The van der Waals surface area contributed by atoms with Gasteiger partial charge in [0.25, 0.3) is 0 Å². The molecule has 0 bridgehead atoms. The predicted molar refractivity (Wildman–Crippen MR) is 88.2 cm³/mol. The molecule has 1 amide bonds. The van der Waals surface area contributed by atoms with Crippen LogP contribution < -0.4 is 5.32 Å². The van der Waals surface area contributed by atoms with Crippen molar-refractivity contribution in [2.75, 3.05) is 12.3 Å². The quantitative estimate of drug-likeness (QED) is 0.757. The molecule has 2 rings (SSSR count). The smallest absolute Gasteiger partial charge is 0.223 e. The fourth-order valence-electron chi connectivity index (χ4n) is 2.70. The number of halogens is 1. The molecule has 1 aromatic carbocycles. The molecule has 0 aliphatic heterocycles. The minimum absolute atomic E-state index is 0.0179. The van der Waals surface area contributed by atoms with Crippen LogP contribution in [0.2, 0.25) is 0 Å². The predicted octanol–water partition coefficient (Wildman–Crippen LogP) is 3.12. The molecular formula is C17H24FNO2S. The summed E-state index contributed by atoms with van der Waals surface area (Å²) in [7, 11) is 0. The molecule has 22 heavy (non-hydrogen) atoms. The van der Waals surface area contributed by atoms with Crippen LogP contribution in [0.3, 0.4) is 0 Å². The molecule has 0 spiro atoms. The van der Waals surface area contributed by atoms with E-state index < -0.39 is 0 Å². The largest absolute Gasteiger partial charge is 0.393 e. The monoisotopic (exact) mass is 325 g/mol. The van der Waals surface area contributed by atoms with Gasteiger partial charge in [-0.3, -0.25) is 4.79 Å². The van der Waals surface area contributed by atoms with Gasteiger partial charge in [0.1, 0.15) is 5.82 Å². The second-order valence-corrected chi connectivity index (χ2v) is 6.95.